The molecule has 1 aromatic rings. The maximum Gasteiger partial charge on any atom is 0.171 e. The summed E-state index contributed by atoms with van der Waals surface area (Å²) in [5, 5.41) is 16.4. The molecule has 0 radical (unpaired) electrons. The molecule has 154 valence electrons. The summed E-state index contributed by atoms with van der Waals surface area (Å²) in [5.74, 6) is 1.63. The topological polar surface area (TPSA) is 54.0 Å². The third-order valence-electron chi connectivity index (χ3n) is 7.12. The lowest BCUT2D eigenvalue weighted by Crippen LogP contribution is -2.75. The molecule has 6 heteroatoms. The first-order valence-electron chi connectivity index (χ1n) is 10.6. The van der Waals surface area contributed by atoms with Crippen LogP contribution in [0.25, 0.3) is 0 Å². The van der Waals surface area contributed by atoms with Crippen LogP contribution >= 0.6 is 12.2 Å². The number of rotatable bonds is 4. The number of hydrogen-bond acceptors (Lipinski definition) is 4. The van der Waals surface area contributed by atoms with Crippen molar-refractivity contribution in [1.82, 2.24) is 10.2 Å². The number of methoxy groups -OCH3 is 2. The second-order valence-electron chi connectivity index (χ2n) is 8.60. The zero-order chi connectivity index (χ0) is 19.8. The van der Waals surface area contributed by atoms with Gasteiger partial charge in [-0.3, -0.25) is 0 Å². The molecule has 0 amide bonds. The van der Waals surface area contributed by atoms with Crippen LogP contribution in [0.4, 0.5) is 0 Å². The van der Waals surface area contributed by atoms with Crippen LogP contribution in [0.3, 0.4) is 0 Å². The molecule has 0 bridgehead atoms. The van der Waals surface area contributed by atoms with Crippen LogP contribution < -0.4 is 14.8 Å². The average Bonchev–Trinajstić information content (AvgIpc) is 2.71. The Morgan fingerprint density at radius 2 is 1.79 bits per heavy atom. The van der Waals surface area contributed by atoms with Crippen molar-refractivity contribution >= 4 is 17.3 Å². The van der Waals surface area contributed by atoms with E-state index in [4.69, 9.17) is 21.7 Å². The number of fused-ring (bicyclic) bond motifs is 2. The van der Waals surface area contributed by atoms with E-state index in [9.17, 15) is 5.11 Å². The van der Waals surface area contributed by atoms with Gasteiger partial charge < -0.3 is 24.8 Å². The standard InChI is InChI=1S/C22H32N2O3S/c1-26-17-10-9-16(14-18(17)27-2)15-24-20(28)23-21(11-5-3-6-12-21)19-8-4-7-13-22(19,24)25/h9-10,14,19,25H,3-8,11-13,15H2,1-2H3,(H,23,28)/t19-,22-/m0/s1. The molecule has 1 aliphatic heterocycles. The summed E-state index contributed by atoms with van der Waals surface area (Å²) in [4.78, 5) is 2.03. The number of aliphatic hydroxyl groups is 1. The van der Waals surface area contributed by atoms with Gasteiger partial charge in [-0.2, -0.15) is 0 Å². The van der Waals surface area contributed by atoms with Crippen LogP contribution in [-0.2, 0) is 6.54 Å². The lowest BCUT2D eigenvalue weighted by atomic mass is 9.62. The van der Waals surface area contributed by atoms with Gasteiger partial charge in [0.05, 0.1) is 14.2 Å². The number of nitrogens with one attached hydrogen (secondary N) is 1. The van der Waals surface area contributed by atoms with Gasteiger partial charge in [0.15, 0.2) is 16.6 Å². The van der Waals surface area contributed by atoms with Crippen LogP contribution in [0, 0.1) is 5.92 Å². The third-order valence-corrected chi connectivity index (χ3v) is 7.44. The first-order chi connectivity index (χ1) is 13.5. The Morgan fingerprint density at radius 1 is 1.07 bits per heavy atom. The maximum absolute atomic E-state index is 12.0. The van der Waals surface area contributed by atoms with Crippen molar-refractivity contribution in [3.05, 3.63) is 23.8 Å². The SMILES string of the molecule is COc1ccc(CN2C(=S)NC3(CCCCC3)[C@@H]3CCCC[C@]32O)cc1OC. The minimum absolute atomic E-state index is 0.0292. The Kier molecular flexibility index (Phi) is 5.45. The van der Waals surface area contributed by atoms with E-state index in [0.717, 1.165) is 37.7 Å². The third kappa shape index (κ3) is 3.24. The minimum Gasteiger partial charge on any atom is -0.493 e. The van der Waals surface area contributed by atoms with Gasteiger partial charge in [-0.1, -0.05) is 31.7 Å². The molecule has 0 unspecified atom stereocenters. The molecule has 2 atom stereocenters. The predicted octanol–water partition coefficient (Wildman–Crippen LogP) is 3.98. The Labute approximate surface area is 173 Å². The first-order valence-corrected chi connectivity index (χ1v) is 11.0. The van der Waals surface area contributed by atoms with Crippen molar-refractivity contribution in [2.45, 2.75) is 75.6 Å². The number of nitrogens with zero attached hydrogens (tertiary/aromatic N) is 1. The van der Waals surface area contributed by atoms with E-state index in [2.05, 4.69) is 5.32 Å². The molecular formula is C22H32N2O3S. The number of benzene rings is 1. The smallest absolute Gasteiger partial charge is 0.171 e. The van der Waals surface area contributed by atoms with Crippen molar-refractivity contribution in [2.24, 2.45) is 5.92 Å². The summed E-state index contributed by atoms with van der Waals surface area (Å²) >= 11 is 5.83. The Balaban J connectivity index is 1.65. The largest absolute Gasteiger partial charge is 0.493 e. The molecule has 4 rings (SSSR count). The zero-order valence-corrected chi connectivity index (χ0v) is 17.8. The van der Waals surface area contributed by atoms with Crippen LogP contribution in [0.2, 0.25) is 0 Å². The van der Waals surface area contributed by atoms with E-state index in [-0.39, 0.29) is 11.5 Å². The second kappa shape index (κ2) is 7.71. The highest BCUT2D eigenvalue weighted by Gasteiger charge is 2.58. The maximum atomic E-state index is 12.0. The van der Waals surface area contributed by atoms with Gasteiger partial charge >= 0.3 is 0 Å². The molecule has 1 saturated heterocycles. The molecule has 2 saturated carbocycles. The van der Waals surface area contributed by atoms with Gasteiger partial charge in [-0.15, -0.1) is 0 Å². The molecule has 2 N–H and O–H groups in total. The highest BCUT2D eigenvalue weighted by atomic mass is 32.1. The molecule has 28 heavy (non-hydrogen) atoms. The van der Waals surface area contributed by atoms with Gasteiger partial charge in [0.2, 0.25) is 0 Å². The van der Waals surface area contributed by atoms with Crippen LogP contribution in [0.15, 0.2) is 18.2 Å². The fourth-order valence-corrected chi connectivity index (χ4v) is 6.18. The van der Waals surface area contributed by atoms with E-state index in [1.165, 1.54) is 25.7 Å². The number of ether oxygens (including phenoxy) is 2. The molecule has 0 aromatic heterocycles. The molecule has 3 fully saturated rings. The Hall–Kier alpha value is -1.53. The Morgan fingerprint density at radius 3 is 2.50 bits per heavy atom. The fourth-order valence-electron chi connectivity index (χ4n) is 5.75. The van der Waals surface area contributed by atoms with Gasteiger partial charge in [0.25, 0.3) is 0 Å². The normalized spacial score (nSPS) is 29.2. The van der Waals surface area contributed by atoms with Gasteiger partial charge in [0, 0.05) is 18.0 Å². The quantitative estimate of drug-likeness (QED) is 0.741. The molecule has 1 aromatic carbocycles. The van der Waals surface area contributed by atoms with E-state index in [1.54, 1.807) is 14.2 Å². The summed E-state index contributed by atoms with van der Waals surface area (Å²) < 4.78 is 10.8. The van der Waals surface area contributed by atoms with Crippen molar-refractivity contribution in [3.63, 3.8) is 0 Å². The van der Waals surface area contributed by atoms with Crippen LogP contribution in [0.1, 0.15) is 63.4 Å². The Bertz CT molecular complexity index is 734. The number of hydrogen-bond donors (Lipinski definition) is 2. The lowest BCUT2D eigenvalue weighted by molar-refractivity contribution is -0.184. The van der Waals surface area contributed by atoms with E-state index >= 15 is 0 Å². The summed E-state index contributed by atoms with van der Waals surface area (Å²) in [5.41, 5.74) is 0.156. The summed E-state index contributed by atoms with van der Waals surface area (Å²) in [6.45, 7) is 0.565. The van der Waals surface area contributed by atoms with E-state index in [1.807, 2.05) is 23.1 Å². The van der Waals surface area contributed by atoms with Crippen molar-refractivity contribution in [2.75, 3.05) is 14.2 Å². The predicted molar refractivity (Wildman–Crippen MR) is 114 cm³/mol. The van der Waals surface area contributed by atoms with Gasteiger partial charge in [0.1, 0.15) is 5.72 Å². The molecule has 1 spiro atoms. The lowest BCUT2D eigenvalue weighted by Gasteiger charge is -2.61. The van der Waals surface area contributed by atoms with Crippen molar-refractivity contribution in [3.8, 4) is 11.5 Å². The van der Waals surface area contributed by atoms with E-state index < -0.39 is 5.72 Å². The summed E-state index contributed by atoms with van der Waals surface area (Å²) in [6.07, 6.45) is 10.0. The molecular weight excluding hydrogens is 372 g/mol. The second-order valence-corrected chi connectivity index (χ2v) is 8.99. The summed E-state index contributed by atoms with van der Waals surface area (Å²) in [7, 11) is 3.28. The van der Waals surface area contributed by atoms with Gasteiger partial charge in [-0.05, 0) is 62.0 Å². The van der Waals surface area contributed by atoms with Gasteiger partial charge in [-0.25, -0.2) is 0 Å². The van der Waals surface area contributed by atoms with Crippen molar-refractivity contribution < 1.29 is 14.6 Å². The van der Waals surface area contributed by atoms with Crippen molar-refractivity contribution in [1.29, 1.82) is 0 Å². The zero-order valence-electron chi connectivity index (χ0n) is 17.0. The summed E-state index contributed by atoms with van der Waals surface area (Å²) in [6, 6.07) is 5.92. The highest BCUT2D eigenvalue weighted by molar-refractivity contribution is 7.80. The monoisotopic (exact) mass is 404 g/mol. The molecule has 3 aliphatic rings. The number of thiocarbonyl (C=S) groups is 1. The molecule has 2 aliphatic carbocycles. The van der Waals surface area contributed by atoms with Crippen LogP contribution in [-0.4, -0.2) is 40.6 Å². The van der Waals surface area contributed by atoms with Crippen LogP contribution in [0.5, 0.6) is 11.5 Å². The van der Waals surface area contributed by atoms with E-state index in [0.29, 0.717) is 23.2 Å². The fraction of sp³-hybridized carbons (Fsp3) is 0.682. The average molecular weight is 405 g/mol. The highest BCUT2D eigenvalue weighted by Crippen LogP contribution is 2.50. The minimum atomic E-state index is -0.870. The first kappa shape index (κ1) is 19.8. The molecule has 1 heterocycles. The molecule has 5 nitrogen and oxygen atoms in total.